The van der Waals surface area contributed by atoms with Crippen molar-refractivity contribution in [3.8, 4) is 0 Å². The second-order valence-corrected chi connectivity index (χ2v) is 6.55. The van der Waals surface area contributed by atoms with Crippen molar-refractivity contribution in [1.82, 2.24) is 0 Å². The van der Waals surface area contributed by atoms with E-state index >= 15 is 0 Å². The van der Waals surface area contributed by atoms with Crippen LogP contribution in [-0.2, 0) is 9.84 Å². The van der Waals surface area contributed by atoms with Crippen molar-refractivity contribution >= 4 is 27.1 Å². The zero-order chi connectivity index (χ0) is 12.3. The molecule has 0 aliphatic heterocycles. The van der Waals surface area contributed by atoms with Crippen LogP contribution in [0, 0.1) is 0 Å². The van der Waals surface area contributed by atoms with Gasteiger partial charge in [-0.1, -0.05) is 19.1 Å². The molecule has 0 bridgehead atoms. The van der Waals surface area contributed by atoms with Crippen molar-refractivity contribution in [2.45, 2.75) is 17.7 Å². The largest absolute Gasteiger partial charge is 0.399 e. The third kappa shape index (κ3) is 2.87. The maximum absolute atomic E-state index is 11.5. The van der Waals surface area contributed by atoms with Crippen molar-refractivity contribution in [2.24, 2.45) is 0 Å². The van der Waals surface area contributed by atoms with Crippen LogP contribution in [0.3, 0.4) is 0 Å². The molecule has 0 unspecified atom stereocenters. The molecule has 0 aromatic heterocycles. The van der Waals surface area contributed by atoms with Crippen LogP contribution >= 0.6 is 11.6 Å². The van der Waals surface area contributed by atoms with E-state index in [0.717, 1.165) is 0 Å². The molecule has 4 nitrogen and oxygen atoms in total. The Balaban J connectivity index is 2.94. The maximum Gasteiger partial charge on any atom is 0.169 e. The van der Waals surface area contributed by atoms with Crippen LogP contribution in [0.2, 0.25) is 0 Å². The highest BCUT2D eigenvalue weighted by Gasteiger charge is 2.29. The molecule has 2 atom stereocenters. The van der Waals surface area contributed by atoms with Crippen LogP contribution < -0.4 is 5.73 Å². The lowest BCUT2D eigenvalue weighted by Gasteiger charge is -2.17. The molecular weight excluding hydrogens is 250 g/mol. The van der Waals surface area contributed by atoms with E-state index in [1.165, 1.54) is 6.92 Å². The first-order valence-corrected chi connectivity index (χ1v) is 6.93. The van der Waals surface area contributed by atoms with E-state index in [9.17, 15) is 13.5 Å². The zero-order valence-corrected chi connectivity index (χ0v) is 10.4. The molecule has 0 amide bonds. The van der Waals surface area contributed by atoms with Gasteiger partial charge in [-0.25, -0.2) is 8.42 Å². The third-order valence-electron chi connectivity index (χ3n) is 2.27. The summed E-state index contributed by atoms with van der Waals surface area (Å²) in [5.41, 5.74) is 6.46. The summed E-state index contributed by atoms with van der Waals surface area (Å²) < 4.78 is 21.6. The van der Waals surface area contributed by atoms with Gasteiger partial charge in [-0.05, 0) is 17.7 Å². The Labute approximate surface area is 100.0 Å². The van der Waals surface area contributed by atoms with Crippen LogP contribution in [0.15, 0.2) is 24.3 Å². The molecule has 0 aliphatic carbocycles. The summed E-state index contributed by atoms with van der Waals surface area (Å²) >= 11 is 5.73. The van der Waals surface area contributed by atoms with Crippen molar-refractivity contribution in [3.05, 3.63) is 29.8 Å². The topological polar surface area (TPSA) is 80.4 Å². The standard InChI is InChI=1S/C10H14ClNO3S/c1-2-16(14,15)10(11)9(13)7-3-5-8(12)6-4-7/h3-6,9-10,13H,2,12H2,1H3/t9-,10-/m1/s1. The molecule has 1 aromatic rings. The minimum atomic E-state index is -3.47. The van der Waals surface area contributed by atoms with Gasteiger partial charge in [-0.2, -0.15) is 0 Å². The second-order valence-electron chi connectivity index (χ2n) is 3.41. The van der Waals surface area contributed by atoms with Crippen LogP contribution in [0.5, 0.6) is 0 Å². The smallest absolute Gasteiger partial charge is 0.169 e. The Morgan fingerprint density at radius 3 is 2.31 bits per heavy atom. The Morgan fingerprint density at radius 2 is 1.88 bits per heavy atom. The number of sulfone groups is 1. The second kappa shape index (κ2) is 5.03. The number of rotatable bonds is 4. The van der Waals surface area contributed by atoms with Crippen LogP contribution in [-0.4, -0.2) is 24.0 Å². The fourth-order valence-corrected chi connectivity index (χ4v) is 2.59. The van der Waals surface area contributed by atoms with E-state index < -0.39 is 20.7 Å². The number of halogens is 1. The minimum absolute atomic E-state index is 0.104. The quantitative estimate of drug-likeness (QED) is 0.634. The first-order chi connectivity index (χ1) is 7.38. The summed E-state index contributed by atoms with van der Waals surface area (Å²) in [6, 6.07) is 6.28. The number of benzene rings is 1. The summed E-state index contributed by atoms with van der Waals surface area (Å²) in [5.74, 6) is -0.104. The molecule has 0 spiro atoms. The van der Waals surface area contributed by atoms with Crippen LogP contribution in [0.4, 0.5) is 5.69 Å². The van der Waals surface area contributed by atoms with Gasteiger partial charge in [0.1, 0.15) is 6.10 Å². The molecule has 6 heteroatoms. The maximum atomic E-state index is 11.5. The van der Waals surface area contributed by atoms with Gasteiger partial charge >= 0.3 is 0 Å². The van der Waals surface area contributed by atoms with E-state index in [0.29, 0.717) is 11.3 Å². The monoisotopic (exact) mass is 263 g/mol. The molecule has 0 saturated heterocycles. The van der Waals surface area contributed by atoms with Gasteiger partial charge in [-0.15, -0.1) is 11.6 Å². The summed E-state index contributed by atoms with van der Waals surface area (Å²) in [5, 5.41) is 9.79. The van der Waals surface area contributed by atoms with E-state index in [1.807, 2.05) is 0 Å². The van der Waals surface area contributed by atoms with Crippen LogP contribution in [0.1, 0.15) is 18.6 Å². The summed E-state index contributed by atoms with van der Waals surface area (Å²) in [6.45, 7) is 1.49. The lowest BCUT2D eigenvalue weighted by atomic mass is 10.1. The average Bonchev–Trinajstić information content (AvgIpc) is 2.28. The van der Waals surface area contributed by atoms with Crippen molar-refractivity contribution in [2.75, 3.05) is 11.5 Å². The molecule has 90 valence electrons. The molecule has 1 rings (SSSR count). The Hall–Kier alpha value is -0.780. The summed E-state index contributed by atoms with van der Waals surface area (Å²) in [6.07, 6.45) is -1.24. The minimum Gasteiger partial charge on any atom is -0.399 e. The van der Waals surface area contributed by atoms with Gasteiger partial charge in [0, 0.05) is 11.4 Å². The van der Waals surface area contributed by atoms with E-state index in [-0.39, 0.29) is 5.75 Å². The van der Waals surface area contributed by atoms with Gasteiger partial charge in [-0.3, -0.25) is 0 Å². The lowest BCUT2D eigenvalue weighted by Crippen LogP contribution is -2.24. The summed E-state index contributed by atoms with van der Waals surface area (Å²) in [4.78, 5) is 0. The van der Waals surface area contributed by atoms with Crippen molar-refractivity contribution in [1.29, 1.82) is 0 Å². The van der Waals surface area contributed by atoms with Crippen LogP contribution in [0.25, 0.3) is 0 Å². The average molecular weight is 264 g/mol. The summed E-state index contributed by atoms with van der Waals surface area (Å²) in [7, 11) is -3.47. The third-order valence-corrected chi connectivity index (χ3v) is 5.07. The fraction of sp³-hybridized carbons (Fsp3) is 0.400. The lowest BCUT2D eigenvalue weighted by molar-refractivity contribution is 0.192. The molecule has 3 N–H and O–H groups in total. The van der Waals surface area contributed by atoms with Crippen molar-refractivity contribution < 1.29 is 13.5 Å². The normalized spacial score (nSPS) is 15.7. The van der Waals surface area contributed by atoms with Gasteiger partial charge < -0.3 is 10.8 Å². The molecule has 0 aliphatic rings. The predicted molar refractivity (Wildman–Crippen MR) is 64.9 cm³/mol. The number of nitrogen functional groups attached to an aromatic ring is 1. The van der Waals surface area contributed by atoms with Gasteiger partial charge in [0.05, 0.1) is 0 Å². The number of nitrogens with two attached hydrogens (primary N) is 1. The van der Waals surface area contributed by atoms with E-state index in [2.05, 4.69) is 0 Å². The Morgan fingerprint density at radius 1 is 1.38 bits per heavy atom. The van der Waals surface area contributed by atoms with Gasteiger partial charge in [0.25, 0.3) is 0 Å². The predicted octanol–water partition coefficient (Wildman–Crippen LogP) is 1.30. The van der Waals surface area contributed by atoms with Gasteiger partial charge in [0.2, 0.25) is 0 Å². The molecule has 0 fully saturated rings. The van der Waals surface area contributed by atoms with Crippen molar-refractivity contribution in [3.63, 3.8) is 0 Å². The van der Waals surface area contributed by atoms with E-state index in [1.54, 1.807) is 24.3 Å². The number of hydrogen-bond donors (Lipinski definition) is 2. The Kier molecular flexibility index (Phi) is 4.18. The highest BCUT2D eigenvalue weighted by molar-refractivity contribution is 7.93. The van der Waals surface area contributed by atoms with Gasteiger partial charge in [0.15, 0.2) is 14.5 Å². The number of hydrogen-bond acceptors (Lipinski definition) is 4. The highest BCUT2D eigenvalue weighted by Crippen LogP contribution is 2.26. The first kappa shape index (κ1) is 13.3. The number of alkyl halides is 1. The molecule has 0 saturated carbocycles. The molecule has 0 heterocycles. The first-order valence-electron chi connectivity index (χ1n) is 4.77. The molecule has 0 radical (unpaired) electrons. The number of anilines is 1. The molecular formula is C10H14ClNO3S. The van der Waals surface area contributed by atoms with E-state index in [4.69, 9.17) is 17.3 Å². The molecule has 1 aromatic carbocycles. The SMILES string of the molecule is CCS(=O)(=O)[C@@H](Cl)[C@H](O)c1ccc(N)cc1. The fourth-order valence-electron chi connectivity index (χ4n) is 1.20. The Bertz CT molecular complexity index is 444. The number of aliphatic hydroxyl groups excluding tert-OH is 1. The number of aliphatic hydroxyl groups is 1. The molecule has 16 heavy (non-hydrogen) atoms. The highest BCUT2D eigenvalue weighted by atomic mass is 35.5. The zero-order valence-electron chi connectivity index (χ0n) is 8.80.